The molecule has 1 aromatic carbocycles. The van der Waals surface area contributed by atoms with Gasteiger partial charge in [0.25, 0.3) is 0 Å². The second-order valence-corrected chi connectivity index (χ2v) is 9.01. The van der Waals surface area contributed by atoms with Gasteiger partial charge >= 0.3 is 10.1 Å². The van der Waals surface area contributed by atoms with Gasteiger partial charge in [0.1, 0.15) is 11.0 Å². The van der Waals surface area contributed by atoms with Crippen molar-refractivity contribution in [2.75, 3.05) is 33.2 Å². The van der Waals surface area contributed by atoms with Gasteiger partial charge in [0.2, 0.25) is 0 Å². The van der Waals surface area contributed by atoms with Gasteiger partial charge in [-0.25, -0.2) is 0 Å². The molecule has 0 amide bonds. The van der Waals surface area contributed by atoms with Gasteiger partial charge < -0.3 is 9.08 Å². The lowest BCUT2D eigenvalue weighted by molar-refractivity contribution is 0.111. The maximum atomic E-state index is 13.1. The molecular formula is C19H26N2O3S. The average molecular weight is 362 g/mol. The van der Waals surface area contributed by atoms with Crippen LogP contribution in [-0.2, 0) is 14.3 Å². The van der Waals surface area contributed by atoms with E-state index in [0.717, 1.165) is 63.2 Å². The summed E-state index contributed by atoms with van der Waals surface area (Å²) >= 11 is 0. The fourth-order valence-corrected chi connectivity index (χ4v) is 6.06. The second kappa shape index (κ2) is 6.74. The number of allylic oxidation sites excluding steroid dienone is 1. The Labute approximate surface area is 150 Å². The van der Waals surface area contributed by atoms with Crippen molar-refractivity contribution < 1.29 is 12.6 Å². The first kappa shape index (κ1) is 17.1. The number of nitrogens with zero attached hydrogens (tertiary/aromatic N) is 2. The maximum Gasteiger partial charge on any atom is 0.317 e. The molecule has 2 aliphatic heterocycles. The molecule has 3 aliphatic rings. The Bertz CT molecular complexity index is 752. The Balaban J connectivity index is 1.80. The Hall–Kier alpha value is -1.37. The predicted octanol–water partition coefficient (Wildman–Crippen LogP) is 2.53. The molecule has 0 unspecified atom stereocenters. The highest BCUT2D eigenvalue weighted by atomic mass is 32.2. The van der Waals surface area contributed by atoms with Crippen LogP contribution in [0, 0.1) is 0 Å². The van der Waals surface area contributed by atoms with Crippen LogP contribution in [-0.4, -0.2) is 57.5 Å². The third kappa shape index (κ3) is 3.23. The first-order valence-corrected chi connectivity index (χ1v) is 10.7. The van der Waals surface area contributed by atoms with E-state index in [0.29, 0.717) is 0 Å². The average Bonchev–Trinajstić information content (AvgIpc) is 2.61. The molecule has 5 nitrogen and oxygen atoms in total. The van der Waals surface area contributed by atoms with E-state index >= 15 is 0 Å². The second-order valence-electron chi connectivity index (χ2n) is 7.35. The smallest absolute Gasteiger partial charge is 0.317 e. The lowest BCUT2D eigenvalue weighted by atomic mass is 9.87. The van der Waals surface area contributed by atoms with Crippen LogP contribution < -0.4 is 0 Å². The van der Waals surface area contributed by atoms with E-state index in [-0.39, 0.29) is 6.04 Å². The van der Waals surface area contributed by atoms with Crippen LogP contribution in [0.2, 0.25) is 0 Å². The molecule has 136 valence electrons. The van der Waals surface area contributed by atoms with Crippen LogP contribution >= 0.6 is 0 Å². The maximum absolute atomic E-state index is 13.1. The minimum Gasteiger partial charge on any atom is -0.386 e. The van der Waals surface area contributed by atoms with Crippen molar-refractivity contribution in [2.45, 2.75) is 37.0 Å². The molecule has 1 aliphatic carbocycles. The number of likely N-dealkylation sites (N-methyl/N-ethyl adjacent to an activating group) is 1. The van der Waals surface area contributed by atoms with Gasteiger partial charge in [-0.1, -0.05) is 30.3 Å². The van der Waals surface area contributed by atoms with Gasteiger partial charge in [-0.15, -0.1) is 0 Å². The van der Waals surface area contributed by atoms with Crippen LogP contribution in [0.3, 0.4) is 0 Å². The molecule has 0 N–H and O–H groups in total. The molecule has 2 heterocycles. The molecule has 6 heteroatoms. The molecule has 2 atom stereocenters. The number of hydrogen-bond donors (Lipinski definition) is 0. The summed E-state index contributed by atoms with van der Waals surface area (Å²) in [7, 11) is -1.55. The molecule has 4 rings (SSSR count). The Morgan fingerprint density at radius 1 is 1.00 bits per heavy atom. The highest BCUT2D eigenvalue weighted by Gasteiger charge is 2.47. The van der Waals surface area contributed by atoms with Crippen molar-refractivity contribution in [1.82, 2.24) is 9.80 Å². The van der Waals surface area contributed by atoms with Crippen molar-refractivity contribution in [3.8, 4) is 0 Å². The standard InChI is InChI=1S/C19H26N2O3S/c1-20-11-13-21(14-12-20)18-16-9-5-6-10-17(16)24-25(22,23)19(18)15-7-3-2-4-8-15/h2-4,7-8,18-19H,5-6,9-14H2,1H3/t18-,19-/m1/s1. The van der Waals surface area contributed by atoms with Gasteiger partial charge in [0.05, 0.1) is 6.04 Å². The van der Waals surface area contributed by atoms with Crippen molar-refractivity contribution >= 4 is 10.1 Å². The van der Waals surface area contributed by atoms with E-state index < -0.39 is 15.4 Å². The molecule has 1 aromatic rings. The van der Waals surface area contributed by atoms with E-state index in [4.69, 9.17) is 4.18 Å². The first-order chi connectivity index (χ1) is 12.1. The summed E-state index contributed by atoms with van der Waals surface area (Å²) in [5.74, 6) is 0.724. The summed E-state index contributed by atoms with van der Waals surface area (Å²) in [5.41, 5.74) is 2.06. The van der Waals surface area contributed by atoms with Gasteiger partial charge in [0.15, 0.2) is 0 Å². The van der Waals surface area contributed by atoms with Crippen molar-refractivity contribution in [2.24, 2.45) is 0 Å². The van der Waals surface area contributed by atoms with Crippen LogP contribution in [0.15, 0.2) is 41.7 Å². The molecule has 1 fully saturated rings. The highest BCUT2D eigenvalue weighted by molar-refractivity contribution is 7.87. The van der Waals surface area contributed by atoms with Crippen LogP contribution in [0.1, 0.15) is 36.5 Å². The minimum atomic E-state index is -3.67. The SMILES string of the molecule is CN1CCN([C@@H]2C3=C(CCCC3)OS(=O)(=O)[C@@H]2c2ccccc2)CC1. The summed E-state index contributed by atoms with van der Waals surface area (Å²) in [6, 6.07) is 9.50. The molecule has 0 saturated carbocycles. The molecule has 1 saturated heterocycles. The van der Waals surface area contributed by atoms with Gasteiger partial charge in [0, 0.05) is 32.6 Å². The Kier molecular flexibility index (Phi) is 4.60. The largest absolute Gasteiger partial charge is 0.386 e. The van der Waals surface area contributed by atoms with Crippen molar-refractivity contribution in [1.29, 1.82) is 0 Å². The Morgan fingerprint density at radius 3 is 2.40 bits per heavy atom. The third-order valence-electron chi connectivity index (χ3n) is 5.69. The lowest BCUT2D eigenvalue weighted by Crippen LogP contribution is -2.54. The number of hydrogen-bond acceptors (Lipinski definition) is 5. The topological polar surface area (TPSA) is 49.9 Å². The molecular weight excluding hydrogens is 336 g/mol. The zero-order valence-electron chi connectivity index (χ0n) is 14.7. The van der Waals surface area contributed by atoms with Gasteiger partial charge in [-0.3, -0.25) is 4.90 Å². The Morgan fingerprint density at radius 2 is 1.68 bits per heavy atom. The summed E-state index contributed by atoms with van der Waals surface area (Å²) in [6.07, 6.45) is 3.83. The fraction of sp³-hybridized carbons (Fsp3) is 0.579. The summed E-state index contributed by atoms with van der Waals surface area (Å²) in [5, 5.41) is -0.631. The number of benzene rings is 1. The quantitative estimate of drug-likeness (QED) is 0.757. The third-order valence-corrected chi connectivity index (χ3v) is 7.27. The van der Waals surface area contributed by atoms with Crippen LogP contribution in [0.4, 0.5) is 0 Å². The summed E-state index contributed by atoms with van der Waals surface area (Å²) < 4.78 is 31.7. The predicted molar refractivity (Wildman–Crippen MR) is 97.5 cm³/mol. The number of rotatable bonds is 2. The van der Waals surface area contributed by atoms with Crippen molar-refractivity contribution in [3.05, 3.63) is 47.2 Å². The van der Waals surface area contributed by atoms with Crippen LogP contribution in [0.25, 0.3) is 0 Å². The van der Waals surface area contributed by atoms with Crippen LogP contribution in [0.5, 0.6) is 0 Å². The van der Waals surface area contributed by atoms with E-state index in [1.807, 2.05) is 30.3 Å². The van der Waals surface area contributed by atoms with E-state index in [1.165, 1.54) is 5.57 Å². The summed E-state index contributed by atoms with van der Waals surface area (Å²) in [4.78, 5) is 4.68. The molecule has 0 bridgehead atoms. The van der Waals surface area contributed by atoms with Gasteiger partial charge in [-0.2, -0.15) is 8.42 Å². The van der Waals surface area contributed by atoms with E-state index in [9.17, 15) is 8.42 Å². The first-order valence-electron chi connectivity index (χ1n) is 9.19. The minimum absolute atomic E-state index is 0.0925. The van der Waals surface area contributed by atoms with E-state index in [1.54, 1.807) is 0 Å². The highest BCUT2D eigenvalue weighted by Crippen LogP contribution is 2.45. The zero-order chi connectivity index (χ0) is 17.4. The normalized spacial score (nSPS) is 30.6. The van der Waals surface area contributed by atoms with E-state index in [2.05, 4.69) is 16.8 Å². The molecule has 0 spiro atoms. The fourth-order valence-electron chi connectivity index (χ4n) is 4.35. The molecule has 0 aromatic heterocycles. The molecule has 25 heavy (non-hydrogen) atoms. The van der Waals surface area contributed by atoms with Crippen molar-refractivity contribution in [3.63, 3.8) is 0 Å². The zero-order valence-corrected chi connectivity index (χ0v) is 15.5. The van der Waals surface area contributed by atoms with Gasteiger partial charge in [-0.05, 0) is 37.4 Å². The lowest BCUT2D eigenvalue weighted by Gasteiger charge is -2.45. The molecule has 0 radical (unpaired) electrons. The monoisotopic (exact) mass is 362 g/mol. The summed E-state index contributed by atoms with van der Waals surface area (Å²) in [6.45, 7) is 3.75. The number of piperazine rings is 1.